The minimum Gasteiger partial charge on any atom is -0.478 e. The average Bonchev–Trinajstić information content (AvgIpc) is 2.73. The normalized spacial score (nSPS) is 11.4. The number of carboxylic acids is 1. The Bertz CT molecular complexity index is 886. The molecule has 3 rings (SSSR count). The van der Waals surface area contributed by atoms with Crippen LogP contribution in [0.15, 0.2) is 109 Å². The van der Waals surface area contributed by atoms with Gasteiger partial charge in [-0.1, -0.05) is 110 Å². The van der Waals surface area contributed by atoms with E-state index in [1.54, 1.807) is 0 Å². The lowest BCUT2D eigenvalue weighted by Gasteiger charge is -2.32. The summed E-state index contributed by atoms with van der Waals surface area (Å²) in [7, 11) is 0. The molecule has 0 amide bonds. The predicted molar refractivity (Wildman–Crippen MR) is 111 cm³/mol. The molecule has 0 aliphatic carbocycles. The van der Waals surface area contributed by atoms with Crippen molar-refractivity contribution >= 4 is 12.0 Å². The second-order valence-electron chi connectivity index (χ2n) is 6.53. The van der Waals surface area contributed by atoms with Crippen LogP contribution in [0.25, 0.3) is 6.08 Å². The highest BCUT2D eigenvalue weighted by atomic mass is 16.4. The van der Waals surface area contributed by atoms with Gasteiger partial charge in [-0.15, -0.1) is 0 Å². The van der Waals surface area contributed by atoms with Crippen LogP contribution in [0.4, 0.5) is 0 Å². The molecule has 0 aromatic heterocycles. The number of allylic oxidation sites excluding steroid dienone is 1. The van der Waals surface area contributed by atoms with E-state index in [0.29, 0.717) is 6.42 Å². The number of aliphatic carboxylic acids is 1. The molecule has 134 valence electrons. The zero-order chi connectivity index (χ0) is 19.1. The zero-order valence-corrected chi connectivity index (χ0v) is 15.1. The summed E-state index contributed by atoms with van der Waals surface area (Å²) in [4.78, 5) is 11.6. The van der Waals surface area contributed by atoms with E-state index in [-0.39, 0.29) is 5.57 Å². The Morgan fingerprint density at radius 1 is 0.815 bits per heavy atom. The SMILES string of the molecule is C=C(CC(C=Cc1ccccc1)(c1ccccc1)c1ccccc1)C(=O)O. The molecular formula is C25H22O2. The fourth-order valence-electron chi connectivity index (χ4n) is 3.31. The van der Waals surface area contributed by atoms with Gasteiger partial charge in [0.2, 0.25) is 0 Å². The first-order chi connectivity index (χ1) is 13.1. The van der Waals surface area contributed by atoms with Gasteiger partial charge >= 0.3 is 5.97 Å². The molecule has 0 heterocycles. The smallest absolute Gasteiger partial charge is 0.331 e. The van der Waals surface area contributed by atoms with Gasteiger partial charge in [0.25, 0.3) is 0 Å². The van der Waals surface area contributed by atoms with E-state index in [2.05, 4.69) is 18.7 Å². The molecule has 0 unspecified atom stereocenters. The van der Waals surface area contributed by atoms with Crippen molar-refractivity contribution in [2.45, 2.75) is 11.8 Å². The Morgan fingerprint density at radius 2 is 1.26 bits per heavy atom. The summed E-state index contributed by atoms with van der Waals surface area (Å²) in [6, 6.07) is 30.0. The Labute approximate surface area is 160 Å². The number of hydrogen-bond donors (Lipinski definition) is 1. The third-order valence-corrected chi connectivity index (χ3v) is 4.73. The number of hydrogen-bond acceptors (Lipinski definition) is 1. The monoisotopic (exact) mass is 354 g/mol. The van der Waals surface area contributed by atoms with Crippen LogP contribution < -0.4 is 0 Å². The first-order valence-corrected chi connectivity index (χ1v) is 8.88. The van der Waals surface area contributed by atoms with Gasteiger partial charge in [0.15, 0.2) is 0 Å². The zero-order valence-electron chi connectivity index (χ0n) is 15.1. The largest absolute Gasteiger partial charge is 0.478 e. The van der Waals surface area contributed by atoms with Gasteiger partial charge in [-0.2, -0.15) is 0 Å². The fraction of sp³-hybridized carbons (Fsp3) is 0.0800. The molecule has 0 atom stereocenters. The minimum absolute atomic E-state index is 0.181. The van der Waals surface area contributed by atoms with Gasteiger partial charge in [-0.05, 0) is 23.1 Å². The summed E-state index contributed by atoms with van der Waals surface area (Å²) < 4.78 is 0. The van der Waals surface area contributed by atoms with E-state index in [4.69, 9.17) is 0 Å². The molecule has 2 heteroatoms. The molecule has 0 bridgehead atoms. The molecular weight excluding hydrogens is 332 g/mol. The number of benzene rings is 3. The third-order valence-electron chi connectivity index (χ3n) is 4.73. The lowest BCUT2D eigenvalue weighted by molar-refractivity contribution is -0.132. The molecule has 0 saturated heterocycles. The fourth-order valence-corrected chi connectivity index (χ4v) is 3.31. The third kappa shape index (κ3) is 4.24. The van der Waals surface area contributed by atoms with Crippen LogP contribution in [0.5, 0.6) is 0 Å². The van der Waals surface area contributed by atoms with E-state index >= 15 is 0 Å². The second kappa shape index (κ2) is 8.33. The van der Waals surface area contributed by atoms with E-state index in [9.17, 15) is 9.90 Å². The Kier molecular flexibility index (Phi) is 5.68. The number of carboxylic acid groups (broad SMARTS) is 1. The van der Waals surface area contributed by atoms with Crippen LogP contribution in [0.3, 0.4) is 0 Å². The van der Waals surface area contributed by atoms with Crippen LogP contribution in [-0.4, -0.2) is 11.1 Å². The first-order valence-electron chi connectivity index (χ1n) is 8.88. The van der Waals surface area contributed by atoms with Gasteiger partial charge in [0.1, 0.15) is 0 Å². The summed E-state index contributed by atoms with van der Waals surface area (Å²) in [5.74, 6) is -0.973. The van der Waals surface area contributed by atoms with Crippen molar-refractivity contribution in [3.8, 4) is 0 Å². The quantitative estimate of drug-likeness (QED) is 0.551. The number of carbonyl (C=O) groups is 1. The molecule has 1 N–H and O–H groups in total. The van der Waals surface area contributed by atoms with Gasteiger partial charge in [-0.25, -0.2) is 4.79 Å². The van der Waals surface area contributed by atoms with Crippen molar-refractivity contribution in [2.24, 2.45) is 0 Å². The molecule has 3 aromatic carbocycles. The Hall–Kier alpha value is -3.39. The minimum atomic E-state index is -0.973. The van der Waals surface area contributed by atoms with Gasteiger partial charge in [0, 0.05) is 11.0 Å². The molecule has 3 aromatic rings. The van der Waals surface area contributed by atoms with Gasteiger partial charge < -0.3 is 5.11 Å². The van der Waals surface area contributed by atoms with Crippen molar-refractivity contribution in [1.82, 2.24) is 0 Å². The van der Waals surface area contributed by atoms with E-state index in [1.165, 1.54) is 0 Å². The number of rotatable bonds is 7. The predicted octanol–water partition coefficient (Wildman–Crippen LogP) is 5.72. The lowest BCUT2D eigenvalue weighted by Crippen LogP contribution is -2.27. The topological polar surface area (TPSA) is 37.3 Å². The molecule has 0 fully saturated rings. The van der Waals surface area contributed by atoms with Crippen LogP contribution >= 0.6 is 0 Å². The summed E-state index contributed by atoms with van der Waals surface area (Å²) in [6.45, 7) is 3.81. The molecule has 0 aliphatic heterocycles. The van der Waals surface area contributed by atoms with E-state index < -0.39 is 11.4 Å². The standard InChI is InChI=1S/C25H22O2/c1-20(24(26)27)19-25(22-13-7-3-8-14-22,23-15-9-4-10-16-23)18-17-21-11-5-2-6-12-21/h2-18H,1,19H2,(H,26,27). The van der Waals surface area contributed by atoms with E-state index in [1.807, 2.05) is 91.0 Å². The van der Waals surface area contributed by atoms with Crippen LogP contribution in [-0.2, 0) is 10.2 Å². The van der Waals surface area contributed by atoms with Crippen molar-refractivity contribution in [3.63, 3.8) is 0 Å². The van der Waals surface area contributed by atoms with Crippen molar-refractivity contribution < 1.29 is 9.90 Å². The Morgan fingerprint density at radius 3 is 1.70 bits per heavy atom. The van der Waals surface area contributed by atoms with Gasteiger partial charge in [-0.3, -0.25) is 0 Å². The maximum atomic E-state index is 11.6. The molecule has 0 saturated carbocycles. The van der Waals surface area contributed by atoms with Crippen molar-refractivity contribution in [2.75, 3.05) is 0 Å². The van der Waals surface area contributed by atoms with Crippen molar-refractivity contribution in [3.05, 3.63) is 126 Å². The summed E-state index contributed by atoms with van der Waals surface area (Å²) in [6.07, 6.45) is 4.44. The molecule has 0 aliphatic rings. The molecule has 2 nitrogen and oxygen atoms in total. The Balaban J connectivity index is 2.19. The molecule has 0 radical (unpaired) electrons. The van der Waals surface area contributed by atoms with Crippen LogP contribution in [0.1, 0.15) is 23.1 Å². The lowest BCUT2D eigenvalue weighted by atomic mass is 9.70. The van der Waals surface area contributed by atoms with Crippen molar-refractivity contribution in [1.29, 1.82) is 0 Å². The summed E-state index contributed by atoms with van der Waals surface area (Å²) in [5, 5.41) is 9.50. The van der Waals surface area contributed by atoms with Crippen LogP contribution in [0.2, 0.25) is 0 Å². The molecule has 0 spiro atoms. The second-order valence-corrected chi connectivity index (χ2v) is 6.53. The summed E-state index contributed by atoms with van der Waals surface area (Å²) >= 11 is 0. The van der Waals surface area contributed by atoms with Gasteiger partial charge in [0.05, 0.1) is 0 Å². The molecule has 27 heavy (non-hydrogen) atoms. The highest BCUT2D eigenvalue weighted by Crippen LogP contribution is 2.40. The highest BCUT2D eigenvalue weighted by Gasteiger charge is 2.33. The van der Waals surface area contributed by atoms with Crippen LogP contribution in [0, 0.1) is 0 Å². The summed E-state index contributed by atoms with van der Waals surface area (Å²) in [5.41, 5.74) is 2.69. The van der Waals surface area contributed by atoms with E-state index in [0.717, 1.165) is 16.7 Å². The maximum Gasteiger partial charge on any atom is 0.331 e. The maximum absolute atomic E-state index is 11.6. The average molecular weight is 354 g/mol. The highest BCUT2D eigenvalue weighted by molar-refractivity contribution is 5.86. The first kappa shape index (κ1) is 18.4.